The van der Waals surface area contributed by atoms with Gasteiger partial charge in [-0.25, -0.2) is 8.42 Å². The maximum atomic E-state index is 12.4. The maximum Gasteiger partial charge on any atom is 0.305 e. The molecule has 1 aromatic carbocycles. The molecular weight excluding hydrogens is 296 g/mol. The van der Waals surface area contributed by atoms with Gasteiger partial charge < -0.3 is 4.98 Å². The van der Waals surface area contributed by atoms with Crippen LogP contribution in [0, 0.1) is 13.8 Å². The number of aromatic amines is 1. The standard InChI is InChI=1S/C13H16N2O3S2/c1-9-4-6-11(7-5-9)8-15(3)20(17,18)12-10(2)14-13(16)19-12/h4-7H,8H2,1-3H3,(H,14,16). The molecule has 5 nitrogen and oxygen atoms in total. The minimum atomic E-state index is -3.64. The fourth-order valence-corrected chi connectivity index (χ4v) is 4.46. The molecule has 1 aromatic heterocycles. The van der Waals surface area contributed by atoms with Gasteiger partial charge in [-0.3, -0.25) is 4.79 Å². The molecule has 0 radical (unpaired) electrons. The largest absolute Gasteiger partial charge is 0.315 e. The number of H-pyrrole nitrogens is 1. The highest BCUT2D eigenvalue weighted by atomic mass is 32.2. The van der Waals surface area contributed by atoms with Crippen molar-refractivity contribution >= 4 is 21.4 Å². The molecule has 0 unspecified atom stereocenters. The Morgan fingerprint density at radius 1 is 1.20 bits per heavy atom. The third-order valence-electron chi connectivity index (χ3n) is 2.95. The fraction of sp³-hybridized carbons (Fsp3) is 0.308. The molecule has 2 aromatic rings. The Kier molecular flexibility index (Phi) is 4.12. The van der Waals surface area contributed by atoms with Crippen LogP contribution in [0.2, 0.25) is 0 Å². The first-order valence-electron chi connectivity index (χ1n) is 6.02. The molecule has 0 aliphatic heterocycles. The Hall–Kier alpha value is -1.44. The summed E-state index contributed by atoms with van der Waals surface area (Å²) in [6, 6.07) is 7.67. The first kappa shape index (κ1) is 15.0. The average molecular weight is 312 g/mol. The number of nitrogens with zero attached hydrogens (tertiary/aromatic N) is 1. The van der Waals surface area contributed by atoms with Gasteiger partial charge in [0.15, 0.2) is 4.21 Å². The van der Waals surface area contributed by atoms with E-state index in [2.05, 4.69) is 4.98 Å². The summed E-state index contributed by atoms with van der Waals surface area (Å²) in [5, 5.41) is 0. The monoisotopic (exact) mass is 312 g/mol. The number of thiazole rings is 1. The summed E-state index contributed by atoms with van der Waals surface area (Å²) in [4.78, 5) is 13.4. The number of hydrogen-bond acceptors (Lipinski definition) is 4. The van der Waals surface area contributed by atoms with Crippen molar-refractivity contribution in [2.24, 2.45) is 0 Å². The van der Waals surface area contributed by atoms with Gasteiger partial charge in [0.1, 0.15) is 0 Å². The highest BCUT2D eigenvalue weighted by molar-refractivity contribution is 7.91. The molecule has 0 atom stereocenters. The number of benzene rings is 1. The van der Waals surface area contributed by atoms with Gasteiger partial charge in [-0.15, -0.1) is 0 Å². The molecular formula is C13H16N2O3S2. The molecule has 0 aliphatic rings. The maximum absolute atomic E-state index is 12.4. The predicted octanol–water partition coefficient (Wildman–Crippen LogP) is 1.87. The molecule has 1 N–H and O–H groups in total. The highest BCUT2D eigenvalue weighted by Gasteiger charge is 2.25. The van der Waals surface area contributed by atoms with Crippen LogP contribution < -0.4 is 4.87 Å². The molecule has 0 aliphatic carbocycles. The van der Waals surface area contributed by atoms with E-state index in [0.29, 0.717) is 5.69 Å². The molecule has 108 valence electrons. The van der Waals surface area contributed by atoms with Crippen molar-refractivity contribution in [1.29, 1.82) is 0 Å². The summed E-state index contributed by atoms with van der Waals surface area (Å²) in [5.41, 5.74) is 2.41. The molecule has 0 spiro atoms. The smallest absolute Gasteiger partial charge is 0.305 e. The van der Waals surface area contributed by atoms with Gasteiger partial charge in [0.05, 0.1) is 0 Å². The van der Waals surface area contributed by atoms with Crippen molar-refractivity contribution in [2.75, 3.05) is 7.05 Å². The van der Waals surface area contributed by atoms with E-state index in [4.69, 9.17) is 0 Å². The first-order valence-corrected chi connectivity index (χ1v) is 8.28. The van der Waals surface area contributed by atoms with E-state index >= 15 is 0 Å². The van der Waals surface area contributed by atoms with Crippen molar-refractivity contribution in [3.63, 3.8) is 0 Å². The number of aryl methyl sites for hydroxylation is 2. The van der Waals surface area contributed by atoms with Crippen LogP contribution in [0.3, 0.4) is 0 Å². The SMILES string of the molecule is Cc1ccc(CN(C)S(=O)(=O)c2sc(=O)[nH]c2C)cc1. The molecule has 0 bridgehead atoms. The Morgan fingerprint density at radius 3 is 2.30 bits per heavy atom. The molecule has 0 saturated heterocycles. The van der Waals surface area contributed by atoms with E-state index in [-0.39, 0.29) is 15.6 Å². The number of rotatable bonds is 4. The second-order valence-corrected chi connectivity index (χ2v) is 7.90. The summed E-state index contributed by atoms with van der Waals surface area (Å²) >= 11 is 0.722. The van der Waals surface area contributed by atoms with Crippen LogP contribution >= 0.6 is 11.3 Å². The van der Waals surface area contributed by atoms with Crippen LogP contribution in [0.25, 0.3) is 0 Å². The van der Waals surface area contributed by atoms with Crippen molar-refractivity contribution in [2.45, 2.75) is 24.6 Å². The van der Waals surface area contributed by atoms with Gasteiger partial charge in [0, 0.05) is 19.3 Å². The minimum absolute atomic E-state index is 0.0807. The summed E-state index contributed by atoms with van der Waals surface area (Å²) in [7, 11) is -2.12. The lowest BCUT2D eigenvalue weighted by molar-refractivity contribution is 0.468. The molecule has 2 rings (SSSR count). The molecule has 7 heteroatoms. The summed E-state index contributed by atoms with van der Waals surface area (Å²) in [6.07, 6.45) is 0. The van der Waals surface area contributed by atoms with Crippen LogP contribution in [0.4, 0.5) is 0 Å². The summed E-state index contributed by atoms with van der Waals surface area (Å²) in [5.74, 6) is 0. The van der Waals surface area contributed by atoms with E-state index in [9.17, 15) is 13.2 Å². The summed E-state index contributed by atoms with van der Waals surface area (Å²) in [6.45, 7) is 3.84. The third-order valence-corrected chi connectivity index (χ3v) is 6.34. The molecule has 0 fully saturated rings. The Morgan fingerprint density at radius 2 is 1.80 bits per heavy atom. The Labute approximate surface area is 121 Å². The zero-order valence-corrected chi connectivity index (χ0v) is 13.1. The number of hydrogen-bond donors (Lipinski definition) is 1. The highest BCUT2D eigenvalue weighted by Crippen LogP contribution is 2.21. The quantitative estimate of drug-likeness (QED) is 0.937. The number of sulfonamides is 1. The normalized spacial score (nSPS) is 12.0. The van der Waals surface area contributed by atoms with Gasteiger partial charge >= 0.3 is 4.87 Å². The van der Waals surface area contributed by atoms with Crippen LogP contribution in [-0.4, -0.2) is 24.8 Å². The van der Waals surface area contributed by atoms with Crippen LogP contribution in [0.15, 0.2) is 33.3 Å². The zero-order valence-electron chi connectivity index (χ0n) is 11.5. The van der Waals surface area contributed by atoms with Gasteiger partial charge in [-0.05, 0) is 19.4 Å². The average Bonchev–Trinajstić information content (AvgIpc) is 2.72. The zero-order chi connectivity index (χ0) is 14.9. The lowest BCUT2D eigenvalue weighted by Gasteiger charge is -2.16. The molecule has 0 saturated carbocycles. The van der Waals surface area contributed by atoms with Crippen LogP contribution in [0.5, 0.6) is 0 Å². The van der Waals surface area contributed by atoms with Crippen molar-refractivity contribution < 1.29 is 8.42 Å². The second kappa shape index (κ2) is 5.51. The fourth-order valence-electron chi connectivity index (χ4n) is 1.81. The third kappa shape index (κ3) is 3.00. The van der Waals surface area contributed by atoms with Gasteiger partial charge in [-0.1, -0.05) is 41.2 Å². The topological polar surface area (TPSA) is 70.2 Å². The van der Waals surface area contributed by atoms with Crippen LogP contribution in [-0.2, 0) is 16.6 Å². The van der Waals surface area contributed by atoms with Crippen molar-refractivity contribution in [3.05, 3.63) is 50.8 Å². The van der Waals surface area contributed by atoms with E-state index in [1.165, 1.54) is 11.4 Å². The van der Waals surface area contributed by atoms with E-state index in [1.54, 1.807) is 6.92 Å². The van der Waals surface area contributed by atoms with E-state index in [0.717, 1.165) is 22.5 Å². The van der Waals surface area contributed by atoms with Crippen molar-refractivity contribution in [1.82, 2.24) is 9.29 Å². The lowest BCUT2D eigenvalue weighted by atomic mass is 10.1. The van der Waals surface area contributed by atoms with Gasteiger partial charge in [0.25, 0.3) is 10.0 Å². The van der Waals surface area contributed by atoms with Gasteiger partial charge in [-0.2, -0.15) is 4.31 Å². The van der Waals surface area contributed by atoms with E-state index in [1.807, 2.05) is 31.2 Å². The second-order valence-electron chi connectivity index (χ2n) is 4.67. The predicted molar refractivity (Wildman–Crippen MR) is 79.5 cm³/mol. The van der Waals surface area contributed by atoms with Gasteiger partial charge in [0.2, 0.25) is 0 Å². The van der Waals surface area contributed by atoms with Crippen LogP contribution in [0.1, 0.15) is 16.8 Å². The minimum Gasteiger partial charge on any atom is -0.315 e. The van der Waals surface area contributed by atoms with E-state index < -0.39 is 10.0 Å². The number of nitrogens with one attached hydrogen (secondary N) is 1. The molecule has 1 heterocycles. The molecule has 0 amide bonds. The summed E-state index contributed by atoms with van der Waals surface area (Å²) < 4.78 is 26.2. The first-order chi connectivity index (χ1) is 9.30. The molecule has 20 heavy (non-hydrogen) atoms. The van der Waals surface area contributed by atoms with Crippen molar-refractivity contribution in [3.8, 4) is 0 Å². The Balaban J connectivity index is 2.28. The lowest BCUT2D eigenvalue weighted by Crippen LogP contribution is -2.26. The number of aromatic nitrogens is 1. The Bertz CT molecular complexity index is 758.